The number of nitrogens with zero attached hydrogens (tertiary/aromatic N) is 4. The molecule has 2 aromatic rings. The number of amides is 1. The second kappa shape index (κ2) is 4.95. The Morgan fingerprint density at radius 3 is 3.00 bits per heavy atom. The third-order valence-corrected chi connectivity index (χ3v) is 3.10. The molecule has 0 unspecified atom stereocenters. The standard InChI is InChI=1S/C12H15N5O3/c1-7-5-9(15-14-7)11-13-10(16-20-11)6-17(8-3-4-8)12(18)19-2/h5,8H,3-4,6H2,1-2H3,(H,14,15). The molecule has 1 amide bonds. The highest BCUT2D eigenvalue weighted by Gasteiger charge is 2.34. The molecular weight excluding hydrogens is 262 g/mol. The largest absolute Gasteiger partial charge is 0.453 e. The van der Waals surface area contributed by atoms with Gasteiger partial charge in [-0.3, -0.25) is 10.00 Å². The molecule has 0 aromatic carbocycles. The summed E-state index contributed by atoms with van der Waals surface area (Å²) in [6.07, 6.45) is 1.60. The van der Waals surface area contributed by atoms with Crippen molar-refractivity contribution in [3.63, 3.8) is 0 Å². The van der Waals surface area contributed by atoms with Gasteiger partial charge in [-0.15, -0.1) is 0 Å². The molecule has 0 saturated heterocycles. The summed E-state index contributed by atoms with van der Waals surface area (Å²) in [5.74, 6) is 0.780. The number of carbonyl (C=O) groups excluding carboxylic acids is 1. The van der Waals surface area contributed by atoms with E-state index < -0.39 is 0 Å². The number of rotatable bonds is 4. The van der Waals surface area contributed by atoms with E-state index in [1.54, 1.807) is 4.90 Å². The molecule has 1 saturated carbocycles. The number of methoxy groups -OCH3 is 1. The average Bonchev–Trinajstić information content (AvgIpc) is 3.02. The quantitative estimate of drug-likeness (QED) is 0.909. The van der Waals surface area contributed by atoms with Gasteiger partial charge in [0.05, 0.1) is 13.7 Å². The number of nitrogens with one attached hydrogen (secondary N) is 1. The summed E-state index contributed by atoms with van der Waals surface area (Å²) in [5.41, 5.74) is 1.51. The van der Waals surface area contributed by atoms with E-state index in [4.69, 9.17) is 9.26 Å². The third-order valence-electron chi connectivity index (χ3n) is 3.10. The van der Waals surface area contributed by atoms with Crippen LogP contribution in [0.3, 0.4) is 0 Å². The molecule has 1 fully saturated rings. The normalized spacial score (nSPS) is 14.3. The molecule has 1 aliphatic rings. The van der Waals surface area contributed by atoms with E-state index in [1.165, 1.54) is 7.11 Å². The van der Waals surface area contributed by atoms with Crippen LogP contribution in [0.4, 0.5) is 4.79 Å². The van der Waals surface area contributed by atoms with Crippen molar-refractivity contribution in [1.29, 1.82) is 0 Å². The van der Waals surface area contributed by atoms with E-state index in [0.717, 1.165) is 18.5 Å². The zero-order valence-corrected chi connectivity index (χ0v) is 11.3. The molecule has 0 radical (unpaired) electrons. The van der Waals surface area contributed by atoms with Crippen molar-refractivity contribution in [3.05, 3.63) is 17.6 Å². The number of carbonyl (C=O) groups is 1. The first-order valence-corrected chi connectivity index (χ1v) is 6.37. The zero-order valence-electron chi connectivity index (χ0n) is 11.3. The van der Waals surface area contributed by atoms with Crippen molar-refractivity contribution in [3.8, 4) is 11.6 Å². The van der Waals surface area contributed by atoms with Gasteiger partial charge in [-0.2, -0.15) is 10.1 Å². The van der Waals surface area contributed by atoms with E-state index in [2.05, 4.69) is 20.3 Å². The van der Waals surface area contributed by atoms with Gasteiger partial charge in [0.2, 0.25) is 0 Å². The molecule has 8 heteroatoms. The van der Waals surface area contributed by atoms with Crippen LogP contribution in [0, 0.1) is 6.92 Å². The Hall–Kier alpha value is -2.38. The van der Waals surface area contributed by atoms with Crippen molar-refractivity contribution in [2.24, 2.45) is 0 Å². The molecule has 0 aliphatic heterocycles. The first kappa shape index (κ1) is 12.6. The van der Waals surface area contributed by atoms with Crippen LogP contribution >= 0.6 is 0 Å². The molecule has 8 nitrogen and oxygen atoms in total. The second-order valence-electron chi connectivity index (χ2n) is 4.78. The summed E-state index contributed by atoms with van der Waals surface area (Å²) in [5, 5.41) is 10.7. The Kier molecular flexibility index (Phi) is 3.13. The van der Waals surface area contributed by atoms with E-state index >= 15 is 0 Å². The summed E-state index contributed by atoms with van der Waals surface area (Å²) in [4.78, 5) is 17.5. The van der Waals surface area contributed by atoms with Gasteiger partial charge < -0.3 is 9.26 Å². The highest BCUT2D eigenvalue weighted by Crippen LogP contribution is 2.28. The first-order valence-electron chi connectivity index (χ1n) is 6.37. The van der Waals surface area contributed by atoms with Crippen LogP contribution in [0.2, 0.25) is 0 Å². The fraction of sp³-hybridized carbons (Fsp3) is 0.500. The fourth-order valence-corrected chi connectivity index (χ4v) is 1.95. The Morgan fingerprint density at radius 2 is 2.40 bits per heavy atom. The van der Waals surface area contributed by atoms with Crippen LogP contribution in [-0.2, 0) is 11.3 Å². The maximum absolute atomic E-state index is 11.7. The SMILES string of the molecule is COC(=O)N(Cc1noc(-c2cc(C)[nH]n2)n1)C1CC1. The van der Waals surface area contributed by atoms with Crippen molar-refractivity contribution in [2.45, 2.75) is 32.4 Å². The van der Waals surface area contributed by atoms with E-state index in [1.807, 2.05) is 13.0 Å². The molecular formula is C12H15N5O3. The lowest BCUT2D eigenvalue weighted by Crippen LogP contribution is -2.32. The number of H-pyrrole nitrogens is 1. The van der Waals surface area contributed by atoms with Gasteiger partial charge in [0, 0.05) is 11.7 Å². The lowest BCUT2D eigenvalue weighted by molar-refractivity contribution is 0.116. The van der Waals surface area contributed by atoms with Crippen LogP contribution in [-0.4, -0.2) is 44.5 Å². The molecule has 106 valence electrons. The maximum atomic E-state index is 11.7. The second-order valence-corrected chi connectivity index (χ2v) is 4.78. The van der Waals surface area contributed by atoms with Crippen LogP contribution in [0.5, 0.6) is 0 Å². The van der Waals surface area contributed by atoms with E-state index in [-0.39, 0.29) is 18.7 Å². The summed E-state index contributed by atoms with van der Waals surface area (Å²) in [7, 11) is 1.37. The minimum absolute atomic E-state index is 0.219. The monoisotopic (exact) mass is 277 g/mol. The number of aryl methyl sites for hydroxylation is 1. The molecule has 20 heavy (non-hydrogen) atoms. The minimum Gasteiger partial charge on any atom is -0.453 e. The molecule has 0 atom stereocenters. The topological polar surface area (TPSA) is 97.1 Å². The van der Waals surface area contributed by atoms with Crippen LogP contribution in [0.25, 0.3) is 11.6 Å². The summed E-state index contributed by atoms with van der Waals surface area (Å²) >= 11 is 0. The number of aromatic amines is 1. The molecule has 2 aromatic heterocycles. The predicted octanol–water partition coefficient (Wildman–Crippen LogP) is 1.50. The van der Waals surface area contributed by atoms with Gasteiger partial charge in [-0.25, -0.2) is 4.79 Å². The summed E-state index contributed by atoms with van der Waals surface area (Å²) < 4.78 is 9.92. The molecule has 0 spiro atoms. The molecule has 2 heterocycles. The average molecular weight is 277 g/mol. The molecule has 1 N–H and O–H groups in total. The van der Waals surface area contributed by atoms with Gasteiger partial charge in [-0.1, -0.05) is 5.16 Å². The van der Waals surface area contributed by atoms with Gasteiger partial charge in [-0.05, 0) is 25.8 Å². The Labute approximate surface area is 115 Å². The molecule has 1 aliphatic carbocycles. The van der Waals surface area contributed by atoms with Gasteiger partial charge in [0.1, 0.15) is 0 Å². The molecule has 3 rings (SSSR count). The Balaban J connectivity index is 1.74. The number of hydrogen-bond acceptors (Lipinski definition) is 6. The minimum atomic E-state index is -0.366. The number of aromatic nitrogens is 4. The smallest absolute Gasteiger partial charge is 0.410 e. The fourth-order valence-electron chi connectivity index (χ4n) is 1.95. The van der Waals surface area contributed by atoms with Crippen LogP contribution < -0.4 is 0 Å². The van der Waals surface area contributed by atoms with Crippen LogP contribution in [0.15, 0.2) is 10.6 Å². The van der Waals surface area contributed by atoms with E-state index in [0.29, 0.717) is 17.4 Å². The van der Waals surface area contributed by atoms with Gasteiger partial charge >= 0.3 is 6.09 Å². The maximum Gasteiger partial charge on any atom is 0.410 e. The Morgan fingerprint density at radius 1 is 1.60 bits per heavy atom. The number of ether oxygens (including phenoxy) is 1. The lowest BCUT2D eigenvalue weighted by atomic mass is 10.4. The first-order chi connectivity index (χ1) is 9.67. The van der Waals surface area contributed by atoms with Crippen LogP contribution in [0.1, 0.15) is 24.4 Å². The van der Waals surface area contributed by atoms with Crippen molar-refractivity contribution >= 4 is 6.09 Å². The van der Waals surface area contributed by atoms with Gasteiger partial charge in [0.15, 0.2) is 11.5 Å². The van der Waals surface area contributed by atoms with Crippen molar-refractivity contribution < 1.29 is 14.1 Å². The third kappa shape index (κ3) is 2.49. The van der Waals surface area contributed by atoms with Crippen molar-refractivity contribution in [2.75, 3.05) is 7.11 Å². The predicted molar refractivity (Wildman–Crippen MR) is 67.6 cm³/mol. The van der Waals surface area contributed by atoms with Crippen molar-refractivity contribution in [1.82, 2.24) is 25.2 Å². The summed E-state index contributed by atoms with van der Waals surface area (Å²) in [6.45, 7) is 2.17. The highest BCUT2D eigenvalue weighted by atomic mass is 16.5. The molecule has 0 bridgehead atoms. The zero-order chi connectivity index (χ0) is 14.1. The lowest BCUT2D eigenvalue weighted by Gasteiger charge is -2.18. The van der Waals surface area contributed by atoms with Gasteiger partial charge in [0.25, 0.3) is 5.89 Å². The highest BCUT2D eigenvalue weighted by molar-refractivity contribution is 5.68. The number of hydrogen-bond donors (Lipinski definition) is 1. The summed E-state index contributed by atoms with van der Waals surface area (Å²) in [6, 6.07) is 2.04. The Bertz CT molecular complexity index is 616. The van der Waals surface area contributed by atoms with E-state index in [9.17, 15) is 4.79 Å².